The van der Waals surface area contributed by atoms with Crippen LogP contribution in [-0.4, -0.2) is 18.8 Å². The van der Waals surface area contributed by atoms with Gasteiger partial charge in [0.2, 0.25) is 0 Å². The van der Waals surface area contributed by atoms with Gasteiger partial charge in [-0.3, -0.25) is 0 Å². The number of nitrogens with two attached hydrogens (primary N) is 1. The first-order valence-corrected chi connectivity index (χ1v) is 7.72. The first kappa shape index (κ1) is 10.8. The van der Waals surface area contributed by atoms with E-state index in [-0.39, 0.29) is 0 Å². The van der Waals surface area contributed by atoms with Crippen LogP contribution in [0.15, 0.2) is 0 Å². The minimum atomic E-state index is 0.484. The van der Waals surface area contributed by atoms with Crippen molar-refractivity contribution >= 4 is 0 Å². The Morgan fingerprint density at radius 1 is 1.12 bits per heavy atom. The van der Waals surface area contributed by atoms with Crippen molar-refractivity contribution in [2.75, 3.05) is 6.61 Å². The summed E-state index contributed by atoms with van der Waals surface area (Å²) in [6.45, 7) is 0.985. The first-order chi connectivity index (χ1) is 8.34. The third-order valence-corrected chi connectivity index (χ3v) is 6.14. The summed E-state index contributed by atoms with van der Waals surface area (Å²) in [4.78, 5) is 0. The molecule has 2 N–H and O–H groups in total. The fraction of sp³-hybridized carbons (Fsp3) is 1.00. The Balaban J connectivity index is 1.29. The van der Waals surface area contributed by atoms with Crippen LogP contribution in [0.5, 0.6) is 0 Å². The van der Waals surface area contributed by atoms with Crippen LogP contribution in [0.2, 0.25) is 0 Å². The quantitative estimate of drug-likeness (QED) is 0.813. The molecule has 0 aromatic carbocycles. The molecule has 1 aliphatic heterocycles. The van der Waals surface area contributed by atoms with Crippen molar-refractivity contribution in [3.63, 3.8) is 0 Å². The van der Waals surface area contributed by atoms with Crippen molar-refractivity contribution < 1.29 is 4.74 Å². The number of fused-ring (bicyclic) bond motifs is 5. The van der Waals surface area contributed by atoms with Crippen LogP contribution in [0, 0.1) is 29.6 Å². The van der Waals surface area contributed by atoms with E-state index in [0.717, 1.165) is 36.2 Å². The molecule has 4 fully saturated rings. The van der Waals surface area contributed by atoms with E-state index in [2.05, 4.69) is 0 Å². The van der Waals surface area contributed by atoms with Gasteiger partial charge in [-0.2, -0.15) is 0 Å². The second-order valence-electron chi connectivity index (χ2n) is 6.94. The van der Waals surface area contributed by atoms with E-state index in [4.69, 9.17) is 10.5 Å². The van der Waals surface area contributed by atoms with Gasteiger partial charge in [0.15, 0.2) is 0 Å². The molecule has 2 heteroatoms. The monoisotopic (exact) mass is 235 g/mol. The smallest absolute Gasteiger partial charge is 0.0576 e. The maximum Gasteiger partial charge on any atom is 0.0576 e. The molecule has 2 nitrogen and oxygen atoms in total. The molecule has 0 aromatic heterocycles. The van der Waals surface area contributed by atoms with E-state index in [9.17, 15) is 0 Å². The average molecular weight is 235 g/mol. The zero-order valence-electron chi connectivity index (χ0n) is 10.7. The van der Waals surface area contributed by atoms with Gasteiger partial charge in [-0.15, -0.1) is 0 Å². The van der Waals surface area contributed by atoms with Gasteiger partial charge in [0.05, 0.1) is 6.10 Å². The molecule has 6 atom stereocenters. The Morgan fingerprint density at radius 3 is 2.53 bits per heavy atom. The van der Waals surface area contributed by atoms with Gasteiger partial charge in [0, 0.05) is 12.6 Å². The third kappa shape index (κ3) is 1.67. The van der Waals surface area contributed by atoms with Crippen LogP contribution in [0.1, 0.15) is 44.9 Å². The van der Waals surface area contributed by atoms with Crippen molar-refractivity contribution in [2.24, 2.45) is 35.3 Å². The van der Waals surface area contributed by atoms with Crippen LogP contribution < -0.4 is 5.73 Å². The number of ether oxygens (including phenoxy) is 1. The van der Waals surface area contributed by atoms with Crippen LogP contribution >= 0.6 is 0 Å². The van der Waals surface area contributed by atoms with Crippen LogP contribution in [0.4, 0.5) is 0 Å². The van der Waals surface area contributed by atoms with Crippen molar-refractivity contribution in [2.45, 2.75) is 57.1 Å². The lowest BCUT2D eigenvalue weighted by atomic mass is 9.94. The van der Waals surface area contributed by atoms with E-state index in [1.807, 2.05) is 0 Å². The topological polar surface area (TPSA) is 35.2 Å². The average Bonchev–Trinajstić information content (AvgIpc) is 2.80. The SMILES string of the molecule is NC(CCC1CCCO1)C1C2C3CCC(C3)C12. The van der Waals surface area contributed by atoms with Crippen molar-refractivity contribution in [3.05, 3.63) is 0 Å². The molecule has 2 bridgehead atoms. The fourth-order valence-electron chi connectivity index (χ4n) is 5.41. The number of rotatable bonds is 4. The molecule has 0 amide bonds. The predicted molar refractivity (Wildman–Crippen MR) is 67.5 cm³/mol. The molecular weight excluding hydrogens is 210 g/mol. The normalized spacial score (nSPS) is 52.8. The summed E-state index contributed by atoms with van der Waals surface area (Å²) in [5.41, 5.74) is 6.44. The Bertz CT molecular complexity index is 283. The third-order valence-electron chi connectivity index (χ3n) is 6.14. The Labute approximate surface area is 104 Å². The molecule has 17 heavy (non-hydrogen) atoms. The van der Waals surface area contributed by atoms with E-state index >= 15 is 0 Å². The highest BCUT2D eigenvalue weighted by Gasteiger charge is 2.65. The van der Waals surface area contributed by atoms with E-state index in [1.165, 1.54) is 38.5 Å². The van der Waals surface area contributed by atoms with Crippen LogP contribution in [0.3, 0.4) is 0 Å². The largest absolute Gasteiger partial charge is 0.378 e. The maximum atomic E-state index is 6.44. The lowest BCUT2D eigenvalue weighted by molar-refractivity contribution is 0.0995. The second-order valence-corrected chi connectivity index (χ2v) is 6.94. The highest BCUT2D eigenvalue weighted by Crippen LogP contribution is 2.70. The van der Waals surface area contributed by atoms with E-state index in [1.54, 1.807) is 6.42 Å². The van der Waals surface area contributed by atoms with Gasteiger partial charge >= 0.3 is 0 Å². The second kappa shape index (κ2) is 3.96. The maximum absolute atomic E-state index is 6.44. The molecule has 3 saturated carbocycles. The van der Waals surface area contributed by atoms with Crippen LogP contribution in [-0.2, 0) is 4.74 Å². The molecule has 0 spiro atoms. The number of hydrogen-bond acceptors (Lipinski definition) is 2. The standard InChI is InChI=1S/C15H25NO/c16-12(6-5-11-2-1-7-17-11)15-13-9-3-4-10(8-9)14(13)15/h9-15H,1-8,16H2. The lowest BCUT2D eigenvalue weighted by Crippen LogP contribution is -2.27. The van der Waals surface area contributed by atoms with Gasteiger partial charge < -0.3 is 10.5 Å². The molecule has 1 heterocycles. The predicted octanol–water partition coefficient (Wildman–Crippen LogP) is 2.57. The zero-order valence-corrected chi connectivity index (χ0v) is 10.7. The summed E-state index contributed by atoms with van der Waals surface area (Å²) >= 11 is 0. The van der Waals surface area contributed by atoms with Crippen molar-refractivity contribution in [1.29, 1.82) is 0 Å². The van der Waals surface area contributed by atoms with Crippen LogP contribution in [0.25, 0.3) is 0 Å². The minimum absolute atomic E-state index is 0.484. The molecule has 3 aliphatic carbocycles. The summed E-state index contributed by atoms with van der Waals surface area (Å²) < 4.78 is 5.70. The number of hydrogen-bond donors (Lipinski definition) is 1. The molecule has 4 aliphatic rings. The van der Waals surface area contributed by atoms with Gasteiger partial charge in [0.1, 0.15) is 0 Å². The van der Waals surface area contributed by atoms with Gasteiger partial charge in [0.25, 0.3) is 0 Å². The van der Waals surface area contributed by atoms with Gasteiger partial charge in [-0.1, -0.05) is 0 Å². The Hall–Kier alpha value is -0.0800. The summed E-state index contributed by atoms with van der Waals surface area (Å²) in [7, 11) is 0. The van der Waals surface area contributed by atoms with E-state index < -0.39 is 0 Å². The van der Waals surface area contributed by atoms with Gasteiger partial charge in [-0.25, -0.2) is 0 Å². The summed E-state index contributed by atoms with van der Waals surface area (Å²) in [6, 6.07) is 0.484. The molecule has 4 rings (SSSR count). The summed E-state index contributed by atoms with van der Waals surface area (Å²) in [6.07, 6.45) is 10.1. The Kier molecular flexibility index (Phi) is 2.52. The van der Waals surface area contributed by atoms with Crippen molar-refractivity contribution in [3.8, 4) is 0 Å². The Morgan fingerprint density at radius 2 is 1.88 bits per heavy atom. The molecule has 1 saturated heterocycles. The summed E-state index contributed by atoms with van der Waals surface area (Å²) in [5, 5.41) is 0. The molecular formula is C15H25NO. The molecule has 6 unspecified atom stereocenters. The van der Waals surface area contributed by atoms with Crippen molar-refractivity contribution in [1.82, 2.24) is 0 Å². The molecule has 96 valence electrons. The van der Waals surface area contributed by atoms with Gasteiger partial charge in [-0.05, 0) is 74.5 Å². The van der Waals surface area contributed by atoms with E-state index in [0.29, 0.717) is 12.1 Å². The zero-order chi connectivity index (χ0) is 11.4. The highest BCUT2D eigenvalue weighted by atomic mass is 16.5. The summed E-state index contributed by atoms with van der Waals surface area (Å²) in [5.74, 6) is 5.15. The fourth-order valence-corrected chi connectivity index (χ4v) is 5.41. The first-order valence-electron chi connectivity index (χ1n) is 7.72. The minimum Gasteiger partial charge on any atom is -0.378 e. The highest BCUT2D eigenvalue weighted by molar-refractivity contribution is 5.15. The molecule has 0 radical (unpaired) electrons. The molecule has 0 aromatic rings. The lowest BCUT2D eigenvalue weighted by Gasteiger charge is -2.17.